The number of methoxy groups -OCH3 is 1. The number of ether oxygens (including phenoxy) is 1. The minimum Gasteiger partial charge on any atom is -0.370 e. The van der Waals surface area contributed by atoms with E-state index in [9.17, 15) is 4.79 Å². The fraction of sp³-hybridized carbons (Fsp3) is 0.375. The van der Waals surface area contributed by atoms with Gasteiger partial charge in [0.1, 0.15) is 6.10 Å². The maximum absolute atomic E-state index is 11.4. The van der Waals surface area contributed by atoms with Gasteiger partial charge in [0.2, 0.25) is 0 Å². The average Bonchev–Trinajstić information content (AvgIpc) is 2.59. The Morgan fingerprint density at radius 1 is 1.85 bits per heavy atom. The maximum Gasteiger partial charge on any atom is 0.254 e. The number of amides is 1. The lowest BCUT2D eigenvalue weighted by molar-refractivity contribution is -0.125. The van der Waals surface area contributed by atoms with Gasteiger partial charge in [-0.15, -0.1) is 0 Å². The zero-order valence-corrected chi connectivity index (χ0v) is 8.14. The summed E-state index contributed by atoms with van der Waals surface area (Å²) in [7, 11) is 1.46. The van der Waals surface area contributed by atoms with E-state index in [0.717, 1.165) is 5.69 Å². The van der Waals surface area contributed by atoms with Crippen LogP contribution in [0.3, 0.4) is 0 Å². The zero-order chi connectivity index (χ0) is 9.68. The monoisotopic (exact) mass is 200 g/mol. The number of thiophene rings is 1. The van der Waals surface area contributed by atoms with Gasteiger partial charge in [0.05, 0.1) is 5.69 Å². The molecule has 0 spiro atoms. The molecule has 1 amide bonds. The van der Waals surface area contributed by atoms with Crippen LogP contribution in [0.15, 0.2) is 16.8 Å². The summed E-state index contributed by atoms with van der Waals surface area (Å²) in [5.74, 6) is -0.205. The van der Waals surface area contributed by atoms with Crippen molar-refractivity contribution < 1.29 is 9.53 Å². The molecule has 72 valence electrons. The summed E-state index contributed by atoms with van der Waals surface area (Å²) in [4.78, 5) is 11.4. The number of hydrogen-bond donors (Lipinski definition) is 2. The number of rotatable bonds is 4. The molecule has 1 aromatic heterocycles. The van der Waals surface area contributed by atoms with E-state index in [2.05, 4.69) is 5.32 Å². The van der Waals surface area contributed by atoms with E-state index in [1.165, 1.54) is 18.4 Å². The Morgan fingerprint density at radius 2 is 2.62 bits per heavy atom. The van der Waals surface area contributed by atoms with Crippen LogP contribution in [-0.2, 0) is 9.53 Å². The highest BCUT2D eigenvalue weighted by molar-refractivity contribution is 7.08. The van der Waals surface area contributed by atoms with Crippen molar-refractivity contribution in [2.24, 2.45) is 5.73 Å². The van der Waals surface area contributed by atoms with Crippen LogP contribution in [0.1, 0.15) is 0 Å². The highest BCUT2D eigenvalue weighted by Crippen LogP contribution is 2.12. The SMILES string of the molecule is COC(CN)C(=O)Nc1ccsc1. The molecule has 1 atom stereocenters. The van der Waals surface area contributed by atoms with Gasteiger partial charge < -0.3 is 15.8 Å². The molecule has 0 bridgehead atoms. The Morgan fingerprint density at radius 3 is 3.08 bits per heavy atom. The van der Waals surface area contributed by atoms with Gasteiger partial charge in [-0.05, 0) is 11.4 Å². The molecule has 0 aliphatic carbocycles. The van der Waals surface area contributed by atoms with Gasteiger partial charge in [-0.3, -0.25) is 4.79 Å². The number of nitrogens with one attached hydrogen (secondary N) is 1. The van der Waals surface area contributed by atoms with Crippen LogP contribution < -0.4 is 11.1 Å². The Hall–Kier alpha value is -0.910. The highest BCUT2D eigenvalue weighted by atomic mass is 32.1. The molecule has 1 rings (SSSR count). The Bertz CT molecular complexity index is 257. The predicted molar refractivity (Wildman–Crippen MR) is 52.8 cm³/mol. The van der Waals surface area contributed by atoms with E-state index < -0.39 is 6.10 Å². The van der Waals surface area contributed by atoms with Crippen molar-refractivity contribution in [1.29, 1.82) is 0 Å². The third-order valence-electron chi connectivity index (χ3n) is 1.58. The van der Waals surface area contributed by atoms with Gasteiger partial charge in [-0.1, -0.05) is 0 Å². The molecule has 0 radical (unpaired) electrons. The lowest BCUT2D eigenvalue weighted by Crippen LogP contribution is -2.35. The predicted octanol–water partition coefficient (Wildman–Crippen LogP) is 0.660. The molecule has 0 aromatic carbocycles. The molecule has 1 unspecified atom stereocenters. The zero-order valence-electron chi connectivity index (χ0n) is 7.32. The Labute approximate surface area is 80.7 Å². The summed E-state index contributed by atoms with van der Waals surface area (Å²) < 4.78 is 4.88. The quantitative estimate of drug-likeness (QED) is 0.750. The molecule has 0 aliphatic heterocycles. The number of nitrogens with two attached hydrogens (primary N) is 1. The van der Waals surface area contributed by atoms with Crippen LogP contribution in [0.5, 0.6) is 0 Å². The fourth-order valence-electron chi connectivity index (χ4n) is 0.869. The van der Waals surface area contributed by atoms with Gasteiger partial charge in [0.25, 0.3) is 5.91 Å². The van der Waals surface area contributed by atoms with E-state index in [-0.39, 0.29) is 12.5 Å². The lowest BCUT2D eigenvalue weighted by atomic mass is 10.3. The first-order valence-electron chi connectivity index (χ1n) is 3.84. The van der Waals surface area contributed by atoms with E-state index in [4.69, 9.17) is 10.5 Å². The van der Waals surface area contributed by atoms with Crippen molar-refractivity contribution in [3.8, 4) is 0 Å². The standard InChI is InChI=1S/C8H12N2O2S/c1-12-7(4-9)8(11)10-6-2-3-13-5-6/h2-3,5,7H,4,9H2,1H3,(H,10,11). The van der Waals surface area contributed by atoms with Gasteiger partial charge in [0, 0.05) is 19.0 Å². The first kappa shape index (κ1) is 10.2. The van der Waals surface area contributed by atoms with Crippen molar-refractivity contribution >= 4 is 22.9 Å². The first-order valence-corrected chi connectivity index (χ1v) is 4.78. The van der Waals surface area contributed by atoms with Gasteiger partial charge in [-0.2, -0.15) is 11.3 Å². The van der Waals surface area contributed by atoms with E-state index in [0.29, 0.717) is 0 Å². The molecule has 4 nitrogen and oxygen atoms in total. The topological polar surface area (TPSA) is 64.3 Å². The van der Waals surface area contributed by atoms with Gasteiger partial charge in [-0.25, -0.2) is 0 Å². The molecule has 0 saturated heterocycles. The summed E-state index contributed by atoms with van der Waals surface area (Å²) in [6, 6.07) is 1.83. The van der Waals surface area contributed by atoms with Crippen molar-refractivity contribution in [3.63, 3.8) is 0 Å². The second-order valence-corrected chi connectivity index (χ2v) is 3.24. The largest absolute Gasteiger partial charge is 0.370 e. The summed E-state index contributed by atoms with van der Waals surface area (Å²) in [6.07, 6.45) is -0.570. The second kappa shape index (κ2) is 4.96. The summed E-state index contributed by atoms with van der Waals surface area (Å²) in [6.45, 7) is 0.187. The Balaban J connectivity index is 2.49. The summed E-state index contributed by atoms with van der Waals surface area (Å²) in [5, 5.41) is 6.43. The minimum absolute atomic E-state index is 0.187. The molecule has 5 heteroatoms. The average molecular weight is 200 g/mol. The van der Waals surface area contributed by atoms with Gasteiger partial charge in [0.15, 0.2) is 0 Å². The maximum atomic E-state index is 11.4. The third kappa shape index (κ3) is 2.80. The van der Waals surface area contributed by atoms with Crippen molar-refractivity contribution in [3.05, 3.63) is 16.8 Å². The van der Waals surface area contributed by atoms with Crippen molar-refractivity contribution in [2.45, 2.75) is 6.10 Å². The lowest BCUT2D eigenvalue weighted by Gasteiger charge is -2.11. The van der Waals surface area contributed by atoms with Crippen LogP contribution in [0.2, 0.25) is 0 Å². The van der Waals surface area contributed by atoms with E-state index in [1.807, 2.05) is 16.8 Å². The van der Waals surface area contributed by atoms with E-state index in [1.54, 1.807) is 0 Å². The van der Waals surface area contributed by atoms with Crippen molar-refractivity contribution in [2.75, 3.05) is 19.0 Å². The number of hydrogen-bond acceptors (Lipinski definition) is 4. The number of carbonyl (C=O) groups is 1. The second-order valence-electron chi connectivity index (χ2n) is 2.46. The normalized spacial score (nSPS) is 12.5. The summed E-state index contributed by atoms with van der Waals surface area (Å²) >= 11 is 1.52. The molecule has 1 aromatic rings. The van der Waals surface area contributed by atoms with Crippen LogP contribution in [-0.4, -0.2) is 25.7 Å². The molecule has 0 saturated carbocycles. The molecule has 3 N–H and O–H groups in total. The van der Waals surface area contributed by atoms with Crippen LogP contribution >= 0.6 is 11.3 Å². The Kier molecular flexibility index (Phi) is 3.88. The molecular weight excluding hydrogens is 188 g/mol. The van der Waals surface area contributed by atoms with Crippen LogP contribution in [0, 0.1) is 0 Å². The molecular formula is C8H12N2O2S. The summed E-state index contributed by atoms with van der Waals surface area (Å²) in [5.41, 5.74) is 6.11. The number of carbonyl (C=O) groups excluding carboxylic acids is 1. The van der Waals surface area contributed by atoms with Crippen LogP contribution in [0.25, 0.3) is 0 Å². The number of anilines is 1. The molecule has 1 heterocycles. The smallest absolute Gasteiger partial charge is 0.254 e. The molecule has 0 aliphatic rings. The van der Waals surface area contributed by atoms with E-state index >= 15 is 0 Å². The minimum atomic E-state index is -0.570. The fourth-order valence-corrected chi connectivity index (χ4v) is 1.46. The molecule has 13 heavy (non-hydrogen) atoms. The van der Waals surface area contributed by atoms with Gasteiger partial charge >= 0.3 is 0 Å². The van der Waals surface area contributed by atoms with Crippen molar-refractivity contribution in [1.82, 2.24) is 0 Å². The third-order valence-corrected chi connectivity index (χ3v) is 2.26. The van der Waals surface area contributed by atoms with Crippen LogP contribution in [0.4, 0.5) is 5.69 Å². The first-order chi connectivity index (χ1) is 6.27. The molecule has 0 fully saturated rings. The highest BCUT2D eigenvalue weighted by Gasteiger charge is 2.15.